The third-order valence-electron chi connectivity index (χ3n) is 3.97. The lowest BCUT2D eigenvalue weighted by Crippen LogP contribution is -2.50. The monoisotopic (exact) mass is 280 g/mol. The maximum atomic E-state index is 12.4. The van der Waals surface area contributed by atoms with E-state index < -0.39 is 0 Å². The predicted octanol–water partition coefficient (Wildman–Crippen LogP) is 2.74. The van der Waals surface area contributed by atoms with Gasteiger partial charge in [-0.1, -0.05) is 30.7 Å². The minimum atomic E-state index is -0.239. The van der Waals surface area contributed by atoms with Gasteiger partial charge in [0.25, 0.3) is 0 Å². The lowest BCUT2D eigenvalue weighted by atomic mass is 9.77. The molecule has 4 heteroatoms. The van der Waals surface area contributed by atoms with Gasteiger partial charge in [-0.2, -0.15) is 0 Å². The highest BCUT2D eigenvalue weighted by molar-refractivity contribution is 6.30. The first-order valence-electron chi connectivity index (χ1n) is 6.90. The average molecular weight is 281 g/mol. The van der Waals surface area contributed by atoms with Crippen LogP contribution in [-0.4, -0.2) is 19.0 Å². The molecule has 1 atom stereocenters. The van der Waals surface area contributed by atoms with Gasteiger partial charge in [0.1, 0.15) is 0 Å². The van der Waals surface area contributed by atoms with Crippen LogP contribution in [0.15, 0.2) is 24.3 Å². The Hall–Kier alpha value is -1.06. The van der Waals surface area contributed by atoms with E-state index in [2.05, 4.69) is 17.6 Å². The molecule has 0 aromatic heterocycles. The fraction of sp³-hybridized carbons (Fsp3) is 0.533. The van der Waals surface area contributed by atoms with Crippen molar-refractivity contribution in [3.8, 4) is 0 Å². The van der Waals surface area contributed by atoms with Gasteiger partial charge in [-0.15, -0.1) is 0 Å². The van der Waals surface area contributed by atoms with Gasteiger partial charge in [-0.25, -0.2) is 0 Å². The minimum Gasteiger partial charge on any atom is -0.352 e. The molecule has 1 saturated heterocycles. The zero-order valence-corrected chi connectivity index (χ0v) is 12.1. The lowest BCUT2D eigenvalue weighted by molar-refractivity contribution is -0.132. The summed E-state index contributed by atoms with van der Waals surface area (Å²) in [6.45, 7) is 4.43. The van der Waals surface area contributed by atoms with Crippen molar-refractivity contribution in [1.82, 2.24) is 10.6 Å². The fourth-order valence-corrected chi connectivity index (χ4v) is 2.85. The van der Waals surface area contributed by atoms with Crippen LogP contribution in [0.25, 0.3) is 0 Å². The van der Waals surface area contributed by atoms with Gasteiger partial charge in [0.05, 0.1) is 5.41 Å². The summed E-state index contributed by atoms with van der Waals surface area (Å²) in [6.07, 6.45) is 2.91. The quantitative estimate of drug-likeness (QED) is 0.890. The Balaban J connectivity index is 1.96. The molecule has 1 heterocycles. The third kappa shape index (κ3) is 3.48. The van der Waals surface area contributed by atoms with Crippen LogP contribution in [0.1, 0.15) is 31.7 Å². The Bertz CT molecular complexity index is 442. The zero-order valence-electron chi connectivity index (χ0n) is 11.3. The number of halogens is 1. The van der Waals surface area contributed by atoms with Crippen molar-refractivity contribution in [2.45, 2.75) is 32.7 Å². The third-order valence-corrected chi connectivity index (χ3v) is 4.21. The molecule has 2 N–H and O–H groups in total. The molecule has 0 bridgehead atoms. The number of rotatable bonds is 4. The second kappa shape index (κ2) is 6.40. The van der Waals surface area contributed by atoms with E-state index in [0.29, 0.717) is 11.6 Å². The summed E-state index contributed by atoms with van der Waals surface area (Å²) in [7, 11) is 0. The number of amides is 1. The van der Waals surface area contributed by atoms with Crippen LogP contribution >= 0.6 is 11.6 Å². The van der Waals surface area contributed by atoms with Gasteiger partial charge in [-0.3, -0.25) is 4.79 Å². The maximum absolute atomic E-state index is 12.4. The van der Waals surface area contributed by atoms with E-state index in [9.17, 15) is 4.79 Å². The minimum absolute atomic E-state index is 0.155. The Labute approximate surface area is 119 Å². The van der Waals surface area contributed by atoms with Crippen LogP contribution in [0.4, 0.5) is 0 Å². The lowest BCUT2D eigenvalue weighted by Gasteiger charge is -2.35. The molecular formula is C15H21ClN2O. The topological polar surface area (TPSA) is 41.1 Å². The molecule has 1 aromatic rings. The molecule has 104 valence electrons. The molecule has 19 heavy (non-hydrogen) atoms. The normalized spacial score (nSPS) is 23.1. The maximum Gasteiger partial charge on any atom is 0.227 e. The van der Waals surface area contributed by atoms with Crippen LogP contribution in [0.2, 0.25) is 5.02 Å². The number of hydrogen-bond acceptors (Lipinski definition) is 2. The van der Waals surface area contributed by atoms with Crippen molar-refractivity contribution in [1.29, 1.82) is 0 Å². The molecule has 0 spiro atoms. The van der Waals surface area contributed by atoms with Gasteiger partial charge >= 0.3 is 0 Å². The van der Waals surface area contributed by atoms with Gasteiger partial charge in [0.2, 0.25) is 5.91 Å². The molecule has 0 radical (unpaired) electrons. The SMILES string of the molecule is CCC1(C(=O)NCc2cccc(Cl)c2)CCCNC1. The van der Waals surface area contributed by atoms with Gasteiger partial charge in [0, 0.05) is 18.1 Å². The molecule has 0 aliphatic carbocycles. The van der Waals surface area contributed by atoms with E-state index in [1.165, 1.54) is 0 Å². The van der Waals surface area contributed by atoms with E-state index in [1.807, 2.05) is 24.3 Å². The molecule has 1 fully saturated rings. The summed E-state index contributed by atoms with van der Waals surface area (Å²) in [6, 6.07) is 7.61. The highest BCUT2D eigenvalue weighted by Crippen LogP contribution is 2.30. The number of piperidine rings is 1. The second-order valence-electron chi connectivity index (χ2n) is 5.23. The first-order chi connectivity index (χ1) is 9.16. The summed E-state index contributed by atoms with van der Waals surface area (Å²) in [5.41, 5.74) is 0.799. The zero-order chi connectivity index (χ0) is 13.7. The molecular weight excluding hydrogens is 260 g/mol. The average Bonchev–Trinajstić information content (AvgIpc) is 2.45. The van der Waals surface area contributed by atoms with Gasteiger partial charge in [0.15, 0.2) is 0 Å². The van der Waals surface area contributed by atoms with Gasteiger partial charge in [-0.05, 0) is 43.5 Å². The van der Waals surface area contributed by atoms with E-state index in [0.717, 1.165) is 37.9 Å². The Morgan fingerprint density at radius 2 is 2.37 bits per heavy atom. The van der Waals surface area contributed by atoms with Crippen LogP contribution in [-0.2, 0) is 11.3 Å². The standard InChI is InChI=1S/C15H21ClN2O/c1-2-15(7-4-8-17-11-15)14(19)18-10-12-5-3-6-13(16)9-12/h3,5-6,9,17H,2,4,7-8,10-11H2,1H3,(H,18,19). The number of carbonyl (C=O) groups is 1. The van der Waals surface area contributed by atoms with E-state index in [4.69, 9.17) is 11.6 Å². The number of nitrogens with one attached hydrogen (secondary N) is 2. The molecule has 1 aromatic carbocycles. The first kappa shape index (κ1) is 14.4. The van der Waals surface area contributed by atoms with Crippen LogP contribution < -0.4 is 10.6 Å². The van der Waals surface area contributed by atoms with E-state index in [-0.39, 0.29) is 11.3 Å². The van der Waals surface area contributed by atoms with Crippen LogP contribution in [0, 0.1) is 5.41 Å². The van der Waals surface area contributed by atoms with Crippen molar-refractivity contribution >= 4 is 17.5 Å². The first-order valence-corrected chi connectivity index (χ1v) is 7.27. The second-order valence-corrected chi connectivity index (χ2v) is 5.66. The summed E-state index contributed by atoms with van der Waals surface area (Å²) in [5, 5.41) is 7.09. The Morgan fingerprint density at radius 1 is 1.53 bits per heavy atom. The highest BCUT2D eigenvalue weighted by Gasteiger charge is 2.37. The number of carbonyl (C=O) groups excluding carboxylic acids is 1. The van der Waals surface area contributed by atoms with Gasteiger partial charge < -0.3 is 10.6 Å². The smallest absolute Gasteiger partial charge is 0.227 e. The van der Waals surface area contributed by atoms with E-state index >= 15 is 0 Å². The molecule has 2 rings (SSSR count). The van der Waals surface area contributed by atoms with Crippen LogP contribution in [0.3, 0.4) is 0 Å². The van der Waals surface area contributed by atoms with Crippen molar-refractivity contribution in [3.05, 3.63) is 34.9 Å². The molecule has 1 aliphatic heterocycles. The summed E-state index contributed by atoms with van der Waals surface area (Å²) >= 11 is 5.94. The molecule has 1 unspecified atom stereocenters. The van der Waals surface area contributed by atoms with Crippen molar-refractivity contribution in [3.63, 3.8) is 0 Å². The predicted molar refractivity (Wildman–Crippen MR) is 78.1 cm³/mol. The summed E-state index contributed by atoms with van der Waals surface area (Å²) in [4.78, 5) is 12.4. The van der Waals surface area contributed by atoms with Crippen molar-refractivity contribution < 1.29 is 4.79 Å². The fourth-order valence-electron chi connectivity index (χ4n) is 2.64. The molecule has 3 nitrogen and oxygen atoms in total. The van der Waals surface area contributed by atoms with Crippen LogP contribution in [0.5, 0.6) is 0 Å². The molecule has 1 aliphatic rings. The Kier molecular flexibility index (Phi) is 4.83. The van der Waals surface area contributed by atoms with Crippen molar-refractivity contribution in [2.75, 3.05) is 13.1 Å². The molecule has 0 saturated carbocycles. The summed E-state index contributed by atoms with van der Waals surface area (Å²) in [5.74, 6) is 0.155. The van der Waals surface area contributed by atoms with E-state index in [1.54, 1.807) is 0 Å². The van der Waals surface area contributed by atoms with Crippen molar-refractivity contribution in [2.24, 2.45) is 5.41 Å². The Morgan fingerprint density at radius 3 is 3.00 bits per heavy atom. The summed E-state index contributed by atoms with van der Waals surface area (Å²) < 4.78 is 0. The number of hydrogen-bond donors (Lipinski definition) is 2. The largest absolute Gasteiger partial charge is 0.352 e. The number of benzene rings is 1. The molecule has 1 amide bonds. The highest BCUT2D eigenvalue weighted by atomic mass is 35.5.